The van der Waals surface area contributed by atoms with E-state index in [1.165, 1.54) is 22.8 Å². The fourth-order valence-corrected chi connectivity index (χ4v) is 6.96. The van der Waals surface area contributed by atoms with Gasteiger partial charge in [0.2, 0.25) is 10.0 Å². The number of hydrogen-bond donors (Lipinski definition) is 0. The number of nitrogens with zero attached hydrogens (tertiary/aromatic N) is 7. The third-order valence-electron chi connectivity index (χ3n) is 7.51. The number of rotatable bonds is 8. The topological polar surface area (TPSA) is 135 Å². The number of halogens is 1. The van der Waals surface area contributed by atoms with Crippen LogP contribution < -0.4 is 19.1 Å². The van der Waals surface area contributed by atoms with Gasteiger partial charge in [-0.25, -0.2) is 13.4 Å². The molecule has 1 aliphatic rings. The van der Waals surface area contributed by atoms with E-state index in [4.69, 9.17) is 25.8 Å². The highest BCUT2D eigenvalue weighted by Gasteiger charge is 2.29. The summed E-state index contributed by atoms with van der Waals surface area (Å²) in [5.74, 6) is 3.03. The smallest absolute Gasteiger partial charge is 0.254 e. The van der Waals surface area contributed by atoms with Crippen molar-refractivity contribution in [2.45, 2.75) is 11.3 Å². The molecular weight excluding hydrogens is 618 g/mol. The Hall–Kier alpha value is -4.90. The van der Waals surface area contributed by atoms with Gasteiger partial charge in [0.1, 0.15) is 35.3 Å². The number of ether oxygens (including phenoxy) is 3. The van der Waals surface area contributed by atoms with Gasteiger partial charge in [-0.05, 0) is 60.5 Å². The quantitative estimate of drug-likeness (QED) is 0.226. The van der Waals surface area contributed by atoms with Crippen molar-refractivity contribution in [2.24, 2.45) is 0 Å². The second-order valence-electron chi connectivity index (χ2n) is 10.1. The highest BCUT2D eigenvalue weighted by molar-refractivity contribution is 7.89. The lowest BCUT2D eigenvalue weighted by Gasteiger charge is -2.26. The number of methoxy groups -OCH3 is 2. The van der Waals surface area contributed by atoms with Crippen LogP contribution >= 0.6 is 11.6 Å². The molecule has 0 saturated carbocycles. The van der Waals surface area contributed by atoms with Gasteiger partial charge in [-0.1, -0.05) is 23.7 Å². The monoisotopic (exact) mass is 645 g/mol. The largest absolute Gasteiger partial charge is 0.493 e. The Bertz CT molecular complexity index is 2010. The highest BCUT2D eigenvalue weighted by atomic mass is 35.5. The summed E-state index contributed by atoms with van der Waals surface area (Å²) in [6, 6.07) is 18.7. The summed E-state index contributed by atoms with van der Waals surface area (Å²) >= 11 is 6.10. The SMILES string of the molecule is COc1ccc(-c2cnc3ncnn3c2N2CCCN(S(=O)(=O)c3ccc(Oc4cccc(Cl)c4C#N)cc3)CC2)cc1OC. The molecule has 12 nitrogen and oxygen atoms in total. The molecule has 1 saturated heterocycles. The van der Waals surface area contributed by atoms with Crippen molar-refractivity contribution >= 4 is 33.2 Å². The molecule has 0 spiro atoms. The summed E-state index contributed by atoms with van der Waals surface area (Å²) in [4.78, 5) is 11.0. The number of hydrogen-bond acceptors (Lipinski definition) is 10. The lowest BCUT2D eigenvalue weighted by Crippen LogP contribution is -2.35. The van der Waals surface area contributed by atoms with E-state index in [0.29, 0.717) is 54.8 Å². The Balaban J connectivity index is 1.25. The normalized spacial score (nSPS) is 14.1. The van der Waals surface area contributed by atoms with Crippen LogP contribution in [-0.4, -0.2) is 72.7 Å². The van der Waals surface area contributed by atoms with Gasteiger partial charge < -0.3 is 19.1 Å². The highest BCUT2D eigenvalue weighted by Crippen LogP contribution is 2.37. The molecule has 1 fully saturated rings. The Morgan fingerprint density at radius 2 is 1.71 bits per heavy atom. The third kappa shape index (κ3) is 5.83. The first-order chi connectivity index (χ1) is 21.8. The Labute approximate surface area is 265 Å². The molecule has 0 N–H and O–H groups in total. The summed E-state index contributed by atoms with van der Waals surface area (Å²) in [6.07, 6.45) is 3.77. The minimum Gasteiger partial charge on any atom is -0.493 e. The second kappa shape index (κ2) is 12.6. The van der Waals surface area contributed by atoms with Crippen molar-refractivity contribution in [3.8, 4) is 40.2 Å². The third-order valence-corrected chi connectivity index (χ3v) is 9.73. The summed E-state index contributed by atoms with van der Waals surface area (Å²) in [7, 11) is -0.651. The van der Waals surface area contributed by atoms with E-state index in [2.05, 4.69) is 20.0 Å². The first-order valence-electron chi connectivity index (χ1n) is 14.0. The van der Waals surface area contributed by atoms with E-state index < -0.39 is 10.0 Å². The molecule has 0 amide bonds. The van der Waals surface area contributed by atoms with Crippen molar-refractivity contribution in [1.82, 2.24) is 23.9 Å². The standard InChI is InChI=1S/C31H28ClN7O5S/c1-42-28-12-7-21(17-29(28)43-2)25-19-34-31-35-20-36-39(31)30(25)37-13-4-14-38(16-15-37)45(40,41)23-10-8-22(9-11-23)44-27-6-3-5-26(32)24(27)18-33/h3,5-12,17,19-20H,4,13-16H2,1-2H3. The van der Waals surface area contributed by atoms with Crippen LogP contribution in [0.1, 0.15) is 12.0 Å². The summed E-state index contributed by atoms with van der Waals surface area (Å²) in [5.41, 5.74) is 1.83. The van der Waals surface area contributed by atoms with Crippen molar-refractivity contribution < 1.29 is 22.6 Å². The molecule has 3 aromatic carbocycles. The number of anilines is 1. The first kappa shape index (κ1) is 30.1. The average Bonchev–Trinajstić information content (AvgIpc) is 3.40. The Morgan fingerprint density at radius 3 is 2.47 bits per heavy atom. The van der Waals surface area contributed by atoms with Crippen molar-refractivity contribution in [3.63, 3.8) is 0 Å². The van der Waals surface area contributed by atoms with E-state index >= 15 is 0 Å². The Morgan fingerprint density at radius 1 is 0.911 bits per heavy atom. The Kier molecular flexibility index (Phi) is 8.44. The number of sulfonamides is 1. The van der Waals surface area contributed by atoms with Gasteiger partial charge in [-0.3, -0.25) is 0 Å². The molecule has 0 bridgehead atoms. The molecule has 230 valence electrons. The summed E-state index contributed by atoms with van der Waals surface area (Å²) < 4.78 is 47.4. The molecule has 45 heavy (non-hydrogen) atoms. The van der Waals surface area contributed by atoms with Crippen LogP contribution in [0.3, 0.4) is 0 Å². The van der Waals surface area contributed by atoms with Gasteiger partial charge in [0.15, 0.2) is 11.5 Å². The molecule has 3 heterocycles. The first-order valence-corrected chi connectivity index (χ1v) is 15.8. The fourth-order valence-electron chi connectivity index (χ4n) is 5.28. The second-order valence-corrected chi connectivity index (χ2v) is 12.4. The lowest BCUT2D eigenvalue weighted by atomic mass is 10.1. The van der Waals surface area contributed by atoms with E-state index in [0.717, 1.165) is 16.9 Å². The minimum absolute atomic E-state index is 0.142. The molecule has 5 aromatic rings. The van der Waals surface area contributed by atoms with Crippen molar-refractivity contribution in [1.29, 1.82) is 5.26 Å². The van der Waals surface area contributed by atoms with Crippen LogP contribution in [0.15, 0.2) is 78.1 Å². The predicted octanol–water partition coefficient (Wildman–Crippen LogP) is 5.03. The molecule has 1 aliphatic heterocycles. The minimum atomic E-state index is -3.81. The van der Waals surface area contributed by atoms with Gasteiger partial charge in [-0.2, -0.15) is 24.2 Å². The van der Waals surface area contributed by atoms with Gasteiger partial charge in [0.25, 0.3) is 5.78 Å². The van der Waals surface area contributed by atoms with Crippen molar-refractivity contribution in [3.05, 3.63) is 83.8 Å². The zero-order valence-corrected chi connectivity index (χ0v) is 26.0. The van der Waals surface area contributed by atoms with Gasteiger partial charge in [0.05, 0.1) is 24.1 Å². The number of benzene rings is 3. The number of fused-ring (bicyclic) bond motifs is 1. The molecule has 0 atom stereocenters. The van der Waals surface area contributed by atoms with Crippen molar-refractivity contribution in [2.75, 3.05) is 45.3 Å². The maximum Gasteiger partial charge on any atom is 0.254 e. The predicted molar refractivity (Wildman–Crippen MR) is 168 cm³/mol. The van der Waals surface area contributed by atoms with E-state index in [-0.39, 0.29) is 22.0 Å². The molecule has 14 heteroatoms. The maximum atomic E-state index is 13.7. The molecular formula is C31H28ClN7O5S. The van der Waals surface area contributed by atoms with Crippen LogP contribution in [0.5, 0.6) is 23.0 Å². The van der Waals surface area contributed by atoms with Crippen LogP contribution in [0.2, 0.25) is 5.02 Å². The zero-order valence-electron chi connectivity index (χ0n) is 24.4. The lowest BCUT2D eigenvalue weighted by molar-refractivity contribution is 0.355. The number of nitriles is 1. The van der Waals surface area contributed by atoms with Crippen LogP contribution in [0, 0.1) is 11.3 Å². The molecule has 0 radical (unpaired) electrons. The van der Waals surface area contributed by atoms with Crippen LogP contribution in [0.4, 0.5) is 5.82 Å². The van der Waals surface area contributed by atoms with E-state index in [9.17, 15) is 13.7 Å². The van der Waals surface area contributed by atoms with Crippen LogP contribution in [0.25, 0.3) is 16.9 Å². The zero-order chi connectivity index (χ0) is 31.6. The van der Waals surface area contributed by atoms with Gasteiger partial charge >= 0.3 is 0 Å². The van der Waals surface area contributed by atoms with Crippen LogP contribution in [-0.2, 0) is 10.0 Å². The molecule has 2 aromatic heterocycles. The summed E-state index contributed by atoms with van der Waals surface area (Å²) in [6.45, 7) is 1.57. The van der Waals surface area contributed by atoms with E-state index in [1.54, 1.807) is 55.3 Å². The number of aromatic nitrogens is 4. The maximum absolute atomic E-state index is 13.7. The molecule has 0 unspecified atom stereocenters. The van der Waals surface area contributed by atoms with E-state index in [1.807, 2.05) is 24.3 Å². The average molecular weight is 646 g/mol. The summed E-state index contributed by atoms with van der Waals surface area (Å²) in [5, 5.41) is 14.1. The molecule has 0 aliphatic carbocycles. The fraction of sp³-hybridized carbons (Fsp3) is 0.226. The molecule has 6 rings (SSSR count). The van der Waals surface area contributed by atoms with Gasteiger partial charge in [0, 0.05) is 37.9 Å². The van der Waals surface area contributed by atoms with Gasteiger partial charge in [-0.15, -0.1) is 0 Å².